The molecule has 23 heavy (non-hydrogen) atoms. The van der Waals surface area contributed by atoms with Crippen molar-refractivity contribution in [2.75, 3.05) is 41.7 Å². The van der Waals surface area contributed by atoms with Crippen molar-refractivity contribution in [1.82, 2.24) is 15.0 Å². The van der Waals surface area contributed by atoms with Crippen molar-refractivity contribution in [2.24, 2.45) is 0 Å². The number of piperazine rings is 1. The summed E-state index contributed by atoms with van der Waals surface area (Å²) in [4.78, 5) is 15.7. The fourth-order valence-electron chi connectivity index (χ4n) is 2.51. The maximum Gasteiger partial charge on any atom is 0.420 e. The van der Waals surface area contributed by atoms with Crippen LogP contribution in [-0.2, 0) is 6.18 Å². The number of alkyl halides is 3. The van der Waals surface area contributed by atoms with E-state index >= 15 is 0 Å². The van der Waals surface area contributed by atoms with E-state index in [1.165, 1.54) is 6.20 Å². The second-order valence-electron chi connectivity index (χ2n) is 5.16. The van der Waals surface area contributed by atoms with Gasteiger partial charge in [0, 0.05) is 38.6 Å². The van der Waals surface area contributed by atoms with Crippen LogP contribution in [0.15, 0.2) is 30.7 Å². The molecule has 0 saturated carbocycles. The second-order valence-corrected chi connectivity index (χ2v) is 5.16. The van der Waals surface area contributed by atoms with E-state index in [2.05, 4.69) is 15.0 Å². The van der Waals surface area contributed by atoms with Gasteiger partial charge in [-0.25, -0.2) is 15.0 Å². The van der Waals surface area contributed by atoms with Gasteiger partial charge >= 0.3 is 6.18 Å². The van der Waals surface area contributed by atoms with Crippen molar-refractivity contribution in [3.8, 4) is 0 Å². The zero-order valence-corrected chi connectivity index (χ0v) is 12.2. The summed E-state index contributed by atoms with van der Waals surface area (Å²) in [6, 6.07) is 2.64. The smallest absolute Gasteiger partial charge is 0.397 e. The van der Waals surface area contributed by atoms with Crippen LogP contribution in [0.5, 0.6) is 0 Å². The lowest BCUT2D eigenvalue weighted by atomic mass is 10.2. The molecule has 3 rings (SSSR count). The molecular weight excluding hydrogens is 309 g/mol. The third-order valence-electron chi connectivity index (χ3n) is 3.61. The van der Waals surface area contributed by atoms with Crippen molar-refractivity contribution in [3.63, 3.8) is 0 Å². The van der Waals surface area contributed by atoms with Gasteiger partial charge in [0.1, 0.15) is 11.4 Å². The molecule has 0 amide bonds. The lowest BCUT2D eigenvalue weighted by Gasteiger charge is -2.36. The Hall–Kier alpha value is -2.58. The van der Waals surface area contributed by atoms with Gasteiger partial charge in [-0.15, -0.1) is 0 Å². The number of hydrogen-bond acceptors (Lipinski definition) is 6. The van der Waals surface area contributed by atoms with Gasteiger partial charge in [0.05, 0.1) is 11.9 Å². The van der Waals surface area contributed by atoms with E-state index in [9.17, 15) is 13.2 Å². The molecule has 0 radical (unpaired) electrons. The maximum atomic E-state index is 13.2. The van der Waals surface area contributed by atoms with Crippen LogP contribution in [0, 0.1) is 0 Å². The van der Waals surface area contributed by atoms with Crippen LogP contribution in [0.2, 0.25) is 0 Å². The average Bonchev–Trinajstić information content (AvgIpc) is 2.55. The summed E-state index contributed by atoms with van der Waals surface area (Å²) in [6.07, 6.45) is 0.0324. The maximum absolute atomic E-state index is 13.2. The molecule has 2 aromatic heterocycles. The lowest BCUT2D eigenvalue weighted by molar-refractivity contribution is -0.137. The van der Waals surface area contributed by atoms with Crippen LogP contribution in [-0.4, -0.2) is 41.1 Å². The molecule has 9 heteroatoms. The first-order valence-electron chi connectivity index (χ1n) is 7.05. The van der Waals surface area contributed by atoms with E-state index < -0.39 is 11.7 Å². The Bertz CT molecular complexity index is 668. The van der Waals surface area contributed by atoms with Crippen LogP contribution in [0.3, 0.4) is 0 Å². The fourth-order valence-corrected chi connectivity index (χ4v) is 2.51. The summed E-state index contributed by atoms with van der Waals surface area (Å²) in [5, 5.41) is 0. The van der Waals surface area contributed by atoms with Crippen molar-refractivity contribution in [2.45, 2.75) is 6.18 Å². The lowest BCUT2D eigenvalue weighted by Crippen LogP contribution is -2.48. The molecule has 3 heterocycles. The molecular formula is C14H15F3N6. The average molecular weight is 324 g/mol. The van der Waals surface area contributed by atoms with E-state index in [-0.39, 0.29) is 11.5 Å². The summed E-state index contributed by atoms with van der Waals surface area (Å²) >= 11 is 0. The largest absolute Gasteiger partial charge is 0.420 e. The summed E-state index contributed by atoms with van der Waals surface area (Å²) in [5.74, 6) is 0.494. The highest BCUT2D eigenvalue weighted by molar-refractivity contribution is 5.55. The van der Waals surface area contributed by atoms with E-state index in [0.717, 1.165) is 6.07 Å². The minimum atomic E-state index is -4.49. The third-order valence-corrected chi connectivity index (χ3v) is 3.61. The normalized spacial score (nSPS) is 15.8. The fraction of sp³-hybridized carbons (Fsp3) is 0.357. The summed E-state index contributed by atoms with van der Waals surface area (Å²) in [5.41, 5.74) is 4.64. The van der Waals surface area contributed by atoms with Crippen LogP contribution >= 0.6 is 0 Å². The number of hydrogen-bond donors (Lipinski definition) is 1. The zero-order valence-electron chi connectivity index (χ0n) is 12.2. The Morgan fingerprint density at radius 3 is 2.17 bits per heavy atom. The Labute approximate surface area is 130 Å². The summed E-state index contributed by atoms with van der Waals surface area (Å²) in [6.45, 7) is 1.84. The van der Waals surface area contributed by atoms with Gasteiger partial charge in [0.15, 0.2) is 0 Å². The molecule has 0 atom stereocenters. The molecule has 1 fully saturated rings. The van der Waals surface area contributed by atoms with Crippen LogP contribution in [0.25, 0.3) is 0 Å². The van der Waals surface area contributed by atoms with Crippen molar-refractivity contribution >= 4 is 17.5 Å². The van der Waals surface area contributed by atoms with E-state index in [1.807, 2.05) is 4.90 Å². The van der Waals surface area contributed by atoms with Crippen molar-refractivity contribution < 1.29 is 13.2 Å². The standard InChI is InChI=1S/C14H15F3N6/c15-14(16,17)11-8-10(18)9-21-12(11)22-4-6-23(7-5-22)13-19-2-1-3-20-13/h1-3,8-9H,4-7,18H2. The number of aromatic nitrogens is 3. The molecule has 0 bridgehead atoms. The molecule has 1 saturated heterocycles. The minimum Gasteiger partial charge on any atom is -0.397 e. The Balaban J connectivity index is 1.78. The number of halogens is 3. The predicted octanol–water partition coefficient (Wildman–Crippen LogP) is 1.80. The minimum absolute atomic E-state index is 0.00241. The van der Waals surface area contributed by atoms with E-state index in [1.54, 1.807) is 23.4 Å². The highest BCUT2D eigenvalue weighted by atomic mass is 19.4. The van der Waals surface area contributed by atoms with E-state index in [4.69, 9.17) is 5.73 Å². The predicted molar refractivity (Wildman–Crippen MR) is 80.1 cm³/mol. The topological polar surface area (TPSA) is 71.2 Å². The summed E-state index contributed by atoms with van der Waals surface area (Å²) in [7, 11) is 0. The molecule has 1 aliphatic heterocycles. The first-order valence-corrected chi connectivity index (χ1v) is 7.05. The molecule has 0 aliphatic carbocycles. The van der Waals surface area contributed by atoms with Gasteiger partial charge in [-0.2, -0.15) is 13.2 Å². The number of anilines is 3. The molecule has 0 spiro atoms. The Morgan fingerprint density at radius 2 is 1.57 bits per heavy atom. The second kappa shape index (κ2) is 5.90. The first-order chi connectivity index (χ1) is 10.9. The van der Waals surface area contributed by atoms with E-state index in [0.29, 0.717) is 32.1 Å². The number of nitrogens with zero attached hydrogens (tertiary/aromatic N) is 5. The number of rotatable bonds is 2. The van der Waals surface area contributed by atoms with Gasteiger partial charge < -0.3 is 15.5 Å². The van der Waals surface area contributed by atoms with Crippen LogP contribution in [0.4, 0.5) is 30.6 Å². The van der Waals surface area contributed by atoms with Crippen molar-refractivity contribution in [1.29, 1.82) is 0 Å². The number of pyridine rings is 1. The number of nitrogen functional groups attached to an aromatic ring is 1. The molecule has 2 N–H and O–H groups in total. The Morgan fingerprint density at radius 1 is 0.957 bits per heavy atom. The Kier molecular flexibility index (Phi) is 3.93. The molecule has 2 aromatic rings. The molecule has 6 nitrogen and oxygen atoms in total. The number of nitrogens with two attached hydrogens (primary N) is 1. The third kappa shape index (κ3) is 3.27. The van der Waals surface area contributed by atoms with Gasteiger partial charge in [0.2, 0.25) is 5.95 Å². The van der Waals surface area contributed by atoms with Gasteiger partial charge in [-0.3, -0.25) is 0 Å². The molecule has 0 aromatic carbocycles. The summed E-state index contributed by atoms with van der Waals surface area (Å²) < 4.78 is 39.5. The van der Waals surface area contributed by atoms with Gasteiger partial charge in [-0.1, -0.05) is 0 Å². The quantitative estimate of drug-likeness (QED) is 0.908. The zero-order chi connectivity index (χ0) is 16.4. The highest BCUT2D eigenvalue weighted by Gasteiger charge is 2.36. The van der Waals surface area contributed by atoms with Crippen LogP contribution in [0.1, 0.15) is 5.56 Å². The SMILES string of the molecule is Nc1cnc(N2CCN(c3ncccn3)CC2)c(C(F)(F)F)c1. The molecule has 0 unspecified atom stereocenters. The van der Waals surface area contributed by atoms with Crippen LogP contribution < -0.4 is 15.5 Å². The first kappa shape index (κ1) is 15.3. The van der Waals surface area contributed by atoms with Gasteiger partial charge in [-0.05, 0) is 12.1 Å². The molecule has 122 valence electrons. The molecule has 1 aliphatic rings. The highest BCUT2D eigenvalue weighted by Crippen LogP contribution is 2.36. The van der Waals surface area contributed by atoms with Gasteiger partial charge in [0.25, 0.3) is 0 Å². The monoisotopic (exact) mass is 324 g/mol. The van der Waals surface area contributed by atoms with Crippen molar-refractivity contribution in [3.05, 3.63) is 36.3 Å².